The third-order valence-electron chi connectivity index (χ3n) is 6.65. The van der Waals surface area contributed by atoms with Gasteiger partial charge < -0.3 is 24.1 Å². The molecule has 0 fully saturated rings. The van der Waals surface area contributed by atoms with Crippen LogP contribution in [0.4, 0.5) is 0 Å². The molecule has 0 saturated heterocycles. The number of ether oxygens (including phenoxy) is 3. The second-order valence-corrected chi connectivity index (χ2v) is 9.13. The molecule has 37 heavy (non-hydrogen) atoms. The van der Waals surface area contributed by atoms with E-state index in [0.717, 1.165) is 42.0 Å². The first-order valence-corrected chi connectivity index (χ1v) is 12.6. The van der Waals surface area contributed by atoms with Gasteiger partial charge in [0.1, 0.15) is 11.6 Å². The maximum atomic E-state index is 13.0. The molecule has 0 saturated carbocycles. The molecule has 1 heterocycles. The van der Waals surface area contributed by atoms with Crippen molar-refractivity contribution in [2.45, 2.75) is 46.2 Å². The molecular formula is C30H35N3O4. The molecule has 0 aliphatic heterocycles. The van der Waals surface area contributed by atoms with Crippen LogP contribution in [0.2, 0.25) is 0 Å². The number of methoxy groups -OCH3 is 2. The Bertz CT molecular complexity index is 1380. The summed E-state index contributed by atoms with van der Waals surface area (Å²) in [6.45, 7) is 7.58. The first-order chi connectivity index (χ1) is 17.9. The molecule has 7 heteroatoms. The standard InChI is InChI=1S/C30H35N3O4/c1-20-11-10-14-26(21(20)2)37-18-9-8-17-33-25-13-7-6-12-24(25)32-29(33)22(3)31-30(34)23-15-16-27(35-4)28(19-23)36-5/h6-7,10-16,19,22H,8-9,17-18H2,1-5H3,(H,31,34). The van der Waals surface area contributed by atoms with Gasteiger partial charge in [0, 0.05) is 12.1 Å². The number of carbonyl (C=O) groups excluding carboxylic acids is 1. The Morgan fingerprint density at radius 3 is 2.51 bits per heavy atom. The molecule has 7 nitrogen and oxygen atoms in total. The fourth-order valence-electron chi connectivity index (χ4n) is 4.42. The van der Waals surface area contributed by atoms with Crippen LogP contribution in [0.5, 0.6) is 17.2 Å². The molecule has 1 unspecified atom stereocenters. The SMILES string of the molecule is COc1ccc(C(=O)NC(C)c2nc3ccccc3n2CCCCOc2cccc(C)c2C)cc1OC. The van der Waals surface area contributed by atoms with Gasteiger partial charge in [0.25, 0.3) is 5.91 Å². The van der Waals surface area contributed by atoms with Crippen LogP contribution in [0.1, 0.15) is 53.1 Å². The number of hydrogen-bond acceptors (Lipinski definition) is 5. The summed E-state index contributed by atoms with van der Waals surface area (Å²) in [7, 11) is 3.12. The van der Waals surface area contributed by atoms with E-state index in [9.17, 15) is 4.79 Å². The molecule has 1 amide bonds. The first-order valence-electron chi connectivity index (χ1n) is 12.6. The van der Waals surface area contributed by atoms with Crippen molar-refractivity contribution in [3.05, 3.63) is 83.2 Å². The van der Waals surface area contributed by atoms with Gasteiger partial charge in [0.05, 0.1) is 37.9 Å². The molecule has 0 aliphatic carbocycles. The van der Waals surface area contributed by atoms with E-state index in [0.29, 0.717) is 23.7 Å². The summed E-state index contributed by atoms with van der Waals surface area (Å²) in [6.07, 6.45) is 1.83. The molecule has 1 N–H and O–H groups in total. The monoisotopic (exact) mass is 501 g/mol. The molecule has 194 valence electrons. The molecule has 4 aromatic rings. The number of hydrogen-bond donors (Lipinski definition) is 1. The number of nitrogens with one attached hydrogen (secondary N) is 1. The quantitative estimate of drug-likeness (QED) is 0.254. The van der Waals surface area contributed by atoms with Gasteiger partial charge in [-0.2, -0.15) is 0 Å². The van der Waals surface area contributed by atoms with Gasteiger partial charge in [-0.15, -0.1) is 0 Å². The maximum Gasteiger partial charge on any atom is 0.251 e. The average molecular weight is 502 g/mol. The van der Waals surface area contributed by atoms with Crippen LogP contribution in [0.3, 0.4) is 0 Å². The number of unbranched alkanes of at least 4 members (excludes halogenated alkanes) is 1. The topological polar surface area (TPSA) is 74.6 Å². The Kier molecular flexibility index (Phi) is 8.33. The maximum absolute atomic E-state index is 13.0. The van der Waals surface area contributed by atoms with Crippen LogP contribution in [0.15, 0.2) is 60.7 Å². The molecular weight excluding hydrogens is 466 g/mol. The van der Waals surface area contributed by atoms with Crippen molar-refractivity contribution < 1.29 is 19.0 Å². The normalized spacial score (nSPS) is 11.8. The van der Waals surface area contributed by atoms with Crippen molar-refractivity contribution in [2.75, 3.05) is 20.8 Å². The lowest BCUT2D eigenvalue weighted by molar-refractivity contribution is 0.0937. The van der Waals surface area contributed by atoms with Crippen LogP contribution in [0.25, 0.3) is 11.0 Å². The van der Waals surface area contributed by atoms with E-state index in [1.165, 1.54) is 11.1 Å². The Morgan fingerprint density at radius 2 is 1.73 bits per heavy atom. The summed E-state index contributed by atoms with van der Waals surface area (Å²) >= 11 is 0. The smallest absolute Gasteiger partial charge is 0.251 e. The third-order valence-corrected chi connectivity index (χ3v) is 6.65. The van der Waals surface area contributed by atoms with E-state index in [1.54, 1.807) is 32.4 Å². The lowest BCUT2D eigenvalue weighted by Crippen LogP contribution is -2.28. The van der Waals surface area contributed by atoms with E-state index >= 15 is 0 Å². The summed E-state index contributed by atoms with van der Waals surface area (Å²) in [5, 5.41) is 3.09. The van der Waals surface area contributed by atoms with Crippen molar-refractivity contribution in [2.24, 2.45) is 0 Å². The summed E-state index contributed by atoms with van der Waals surface area (Å²) in [5.74, 6) is 2.66. The van der Waals surface area contributed by atoms with Crippen LogP contribution in [-0.2, 0) is 6.54 Å². The summed E-state index contributed by atoms with van der Waals surface area (Å²) < 4.78 is 18.9. The predicted octanol–water partition coefficient (Wildman–Crippen LogP) is 6.02. The largest absolute Gasteiger partial charge is 0.493 e. The lowest BCUT2D eigenvalue weighted by Gasteiger charge is -2.17. The minimum absolute atomic E-state index is 0.200. The highest BCUT2D eigenvalue weighted by Gasteiger charge is 2.20. The van der Waals surface area contributed by atoms with Crippen molar-refractivity contribution in [1.29, 1.82) is 0 Å². The van der Waals surface area contributed by atoms with E-state index < -0.39 is 0 Å². The van der Waals surface area contributed by atoms with E-state index in [-0.39, 0.29) is 11.9 Å². The highest BCUT2D eigenvalue weighted by molar-refractivity contribution is 5.95. The summed E-state index contributed by atoms with van der Waals surface area (Å²) in [6, 6.07) is 19.1. The van der Waals surface area contributed by atoms with Gasteiger partial charge >= 0.3 is 0 Å². The Labute approximate surface area is 218 Å². The average Bonchev–Trinajstić information content (AvgIpc) is 3.29. The first kappa shape index (κ1) is 26.1. The Balaban J connectivity index is 1.44. The molecule has 3 aromatic carbocycles. The molecule has 0 aliphatic rings. The number of aromatic nitrogens is 2. The zero-order chi connectivity index (χ0) is 26.4. The fraction of sp³-hybridized carbons (Fsp3) is 0.333. The van der Waals surface area contributed by atoms with Gasteiger partial charge in [-0.3, -0.25) is 4.79 Å². The number of carbonyl (C=O) groups is 1. The zero-order valence-electron chi connectivity index (χ0n) is 22.2. The van der Waals surface area contributed by atoms with Crippen molar-refractivity contribution in [3.63, 3.8) is 0 Å². The van der Waals surface area contributed by atoms with Gasteiger partial charge in [0.2, 0.25) is 0 Å². The van der Waals surface area contributed by atoms with Crippen LogP contribution < -0.4 is 19.5 Å². The van der Waals surface area contributed by atoms with Crippen molar-refractivity contribution >= 4 is 16.9 Å². The molecule has 0 radical (unpaired) electrons. The van der Waals surface area contributed by atoms with Crippen molar-refractivity contribution in [3.8, 4) is 17.2 Å². The zero-order valence-corrected chi connectivity index (χ0v) is 22.2. The number of fused-ring (bicyclic) bond motifs is 1. The van der Waals surface area contributed by atoms with Crippen molar-refractivity contribution in [1.82, 2.24) is 14.9 Å². The minimum Gasteiger partial charge on any atom is -0.493 e. The third kappa shape index (κ3) is 5.88. The van der Waals surface area contributed by atoms with Crippen LogP contribution in [0, 0.1) is 13.8 Å². The van der Waals surface area contributed by atoms with E-state index in [4.69, 9.17) is 19.2 Å². The second-order valence-electron chi connectivity index (χ2n) is 9.13. The molecule has 1 aromatic heterocycles. The number of benzene rings is 3. The molecule has 0 bridgehead atoms. The minimum atomic E-state index is -0.292. The Hall–Kier alpha value is -4.00. The number of para-hydroxylation sites is 2. The predicted molar refractivity (Wildman–Crippen MR) is 146 cm³/mol. The molecule has 4 rings (SSSR count). The highest BCUT2D eigenvalue weighted by Crippen LogP contribution is 2.28. The van der Waals surface area contributed by atoms with Gasteiger partial charge in [-0.1, -0.05) is 24.3 Å². The highest BCUT2D eigenvalue weighted by atomic mass is 16.5. The van der Waals surface area contributed by atoms with Crippen LogP contribution >= 0.6 is 0 Å². The number of imidazole rings is 1. The Morgan fingerprint density at radius 1 is 0.946 bits per heavy atom. The molecule has 1 atom stereocenters. The number of rotatable bonds is 11. The van der Waals surface area contributed by atoms with Gasteiger partial charge in [-0.05, 0) is 81.1 Å². The van der Waals surface area contributed by atoms with Gasteiger partial charge in [-0.25, -0.2) is 4.98 Å². The number of nitrogens with zero attached hydrogens (tertiary/aromatic N) is 2. The summed E-state index contributed by atoms with van der Waals surface area (Å²) in [4.78, 5) is 17.9. The summed E-state index contributed by atoms with van der Waals surface area (Å²) in [5.41, 5.74) is 4.88. The molecule has 0 spiro atoms. The van der Waals surface area contributed by atoms with Crippen LogP contribution in [-0.4, -0.2) is 36.3 Å². The number of amides is 1. The van der Waals surface area contributed by atoms with E-state index in [1.807, 2.05) is 37.3 Å². The fourth-order valence-corrected chi connectivity index (χ4v) is 4.42. The second kappa shape index (κ2) is 11.8. The number of aryl methyl sites for hydroxylation is 2. The van der Waals surface area contributed by atoms with Gasteiger partial charge in [0.15, 0.2) is 11.5 Å². The lowest BCUT2D eigenvalue weighted by atomic mass is 10.1. The van der Waals surface area contributed by atoms with E-state index in [2.05, 4.69) is 35.9 Å².